The van der Waals surface area contributed by atoms with Crippen LogP contribution in [0.15, 0.2) is 22.7 Å². The number of alkyl halides is 1. The summed E-state index contributed by atoms with van der Waals surface area (Å²) in [6, 6.07) is 4.93. The van der Waals surface area contributed by atoms with Crippen molar-refractivity contribution >= 4 is 33.2 Å². The molecule has 0 radical (unpaired) electrons. The third kappa shape index (κ3) is 3.46. The fraction of sp³-hybridized carbons (Fsp3) is 0.455. The maximum absolute atomic E-state index is 10.8. The summed E-state index contributed by atoms with van der Waals surface area (Å²) in [5.41, 5.74) is 0.808. The van der Waals surface area contributed by atoms with Gasteiger partial charge in [0.1, 0.15) is 0 Å². The topological polar surface area (TPSA) is 43.1 Å². The third-order valence-electron chi connectivity index (χ3n) is 2.38. The van der Waals surface area contributed by atoms with E-state index < -0.39 is 0 Å². The van der Waals surface area contributed by atoms with E-state index in [2.05, 4.69) is 15.9 Å². The average molecular weight is 307 g/mol. The molecule has 1 aromatic rings. The Labute approximate surface area is 108 Å². The maximum Gasteiger partial charge on any atom is 0.272 e. The van der Waals surface area contributed by atoms with Crippen molar-refractivity contribution in [2.75, 3.05) is 0 Å². The van der Waals surface area contributed by atoms with Crippen LogP contribution in [0.5, 0.6) is 0 Å². The van der Waals surface area contributed by atoms with Crippen LogP contribution in [0.25, 0.3) is 0 Å². The molecule has 0 N–H and O–H groups in total. The summed E-state index contributed by atoms with van der Waals surface area (Å²) in [7, 11) is 0. The molecule has 0 heterocycles. The number of halogens is 2. The van der Waals surface area contributed by atoms with E-state index in [0.29, 0.717) is 17.9 Å². The largest absolute Gasteiger partial charge is 0.272 e. The Morgan fingerprint density at radius 3 is 2.62 bits per heavy atom. The van der Waals surface area contributed by atoms with E-state index in [0.717, 1.165) is 4.47 Å². The molecule has 88 valence electrons. The highest BCUT2D eigenvalue weighted by Crippen LogP contribution is 2.26. The van der Waals surface area contributed by atoms with Gasteiger partial charge < -0.3 is 0 Å². The Balaban J connectivity index is 3.01. The molecule has 0 aliphatic carbocycles. The first-order valence-corrected chi connectivity index (χ1v) is 6.21. The number of nitro groups is 1. The molecular formula is C11H13BrClNO2. The molecule has 1 unspecified atom stereocenters. The molecule has 1 rings (SSSR count). The van der Waals surface area contributed by atoms with Crippen molar-refractivity contribution in [1.82, 2.24) is 0 Å². The zero-order chi connectivity index (χ0) is 12.3. The maximum atomic E-state index is 10.8. The minimum atomic E-state index is -0.369. The van der Waals surface area contributed by atoms with Crippen LogP contribution in [0.1, 0.15) is 19.4 Å². The fourth-order valence-electron chi connectivity index (χ4n) is 1.34. The van der Waals surface area contributed by atoms with E-state index in [1.807, 2.05) is 13.8 Å². The zero-order valence-electron chi connectivity index (χ0n) is 9.11. The molecule has 0 bridgehead atoms. The predicted octanol–water partition coefficient (Wildman–Crippen LogP) is 4.16. The minimum absolute atomic E-state index is 0.0898. The highest BCUT2D eigenvalue weighted by molar-refractivity contribution is 9.10. The van der Waals surface area contributed by atoms with Gasteiger partial charge in [-0.15, -0.1) is 11.6 Å². The lowest BCUT2D eigenvalue weighted by Gasteiger charge is -2.13. The van der Waals surface area contributed by atoms with Gasteiger partial charge in [0, 0.05) is 21.5 Å². The molecule has 0 aliphatic rings. The van der Waals surface area contributed by atoms with E-state index in [9.17, 15) is 10.1 Å². The van der Waals surface area contributed by atoms with Gasteiger partial charge in [-0.25, -0.2) is 0 Å². The van der Waals surface area contributed by atoms with Gasteiger partial charge in [0.05, 0.1) is 4.92 Å². The molecule has 0 saturated carbocycles. The van der Waals surface area contributed by atoms with Crippen LogP contribution in [0.4, 0.5) is 5.69 Å². The first-order chi connectivity index (χ1) is 7.41. The van der Waals surface area contributed by atoms with Gasteiger partial charge in [-0.2, -0.15) is 0 Å². The summed E-state index contributed by atoms with van der Waals surface area (Å²) in [4.78, 5) is 10.5. The zero-order valence-corrected chi connectivity index (χ0v) is 11.5. The van der Waals surface area contributed by atoms with Gasteiger partial charge >= 0.3 is 0 Å². The molecule has 1 atom stereocenters. The average Bonchev–Trinajstić information content (AvgIpc) is 2.16. The van der Waals surface area contributed by atoms with Gasteiger partial charge in [-0.05, 0) is 24.5 Å². The second kappa shape index (κ2) is 5.64. The molecule has 1 aromatic carbocycles. The molecule has 0 spiro atoms. The number of hydrogen-bond donors (Lipinski definition) is 0. The molecule has 3 nitrogen and oxygen atoms in total. The summed E-state index contributed by atoms with van der Waals surface area (Å²) in [5.74, 6) is 0.292. The van der Waals surface area contributed by atoms with Gasteiger partial charge in [-0.3, -0.25) is 10.1 Å². The van der Waals surface area contributed by atoms with Crippen LogP contribution in [-0.4, -0.2) is 10.3 Å². The monoisotopic (exact) mass is 305 g/mol. The second-order valence-corrected chi connectivity index (χ2v) is 5.47. The molecule has 0 amide bonds. The smallest absolute Gasteiger partial charge is 0.258 e. The van der Waals surface area contributed by atoms with E-state index in [4.69, 9.17) is 11.6 Å². The third-order valence-corrected chi connectivity index (χ3v) is 3.53. The molecule has 16 heavy (non-hydrogen) atoms. The van der Waals surface area contributed by atoms with E-state index in [1.54, 1.807) is 12.1 Å². The number of nitrogens with zero attached hydrogens (tertiary/aromatic N) is 1. The molecule has 5 heteroatoms. The molecule has 0 saturated heterocycles. The van der Waals surface area contributed by atoms with Crippen LogP contribution in [0, 0.1) is 16.0 Å². The van der Waals surface area contributed by atoms with E-state index in [1.165, 1.54) is 6.07 Å². The Morgan fingerprint density at radius 2 is 2.12 bits per heavy atom. The van der Waals surface area contributed by atoms with Crippen molar-refractivity contribution in [3.63, 3.8) is 0 Å². The van der Waals surface area contributed by atoms with Crippen LogP contribution in [0.2, 0.25) is 0 Å². The van der Waals surface area contributed by atoms with Crippen LogP contribution in [0.3, 0.4) is 0 Å². The van der Waals surface area contributed by atoms with Crippen molar-refractivity contribution < 1.29 is 4.92 Å². The predicted molar refractivity (Wildman–Crippen MR) is 69.0 cm³/mol. The SMILES string of the molecule is CC(C)C(Cl)Cc1cc(Br)ccc1[N+](=O)[O-]. The van der Waals surface area contributed by atoms with Crippen LogP contribution < -0.4 is 0 Å². The number of rotatable bonds is 4. The summed E-state index contributed by atoms with van der Waals surface area (Å²) >= 11 is 9.45. The summed E-state index contributed by atoms with van der Waals surface area (Å²) in [6.07, 6.45) is 0.509. The molecule has 0 aromatic heterocycles. The summed E-state index contributed by atoms with van der Waals surface area (Å²) in [6.45, 7) is 4.00. The fourth-order valence-corrected chi connectivity index (χ4v) is 1.92. The normalized spacial score (nSPS) is 12.8. The Morgan fingerprint density at radius 1 is 1.50 bits per heavy atom. The summed E-state index contributed by atoms with van der Waals surface area (Å²) in [5, 5.41) is 10.7. The Hall–Kier alpha value is -0.610. The van der Waals surface area contributed by atoms with Gasteiger partial charge in [0.2, 0.25) is 0 Å². The first-order valence-electron chi connectivity index (χ1n) is 4.98. The highest BCUT2D eigenvalue weighted by atomic mass is 79.9. The standard InChI is InChI=1S/C11H13BrClNO2/c1-7(2)10(13)6-8-5-9(12)3-4-11(8)14(15)16/h3-5,7,10H,6H2,1-2H3. The highest BCUT2D eigenvalue weighted by Gasteiger charge is 2.18. The molecule has 0 fully saturated rings. The number of nitro benzene ring substituents is 1. The lowest BCUT2D eigenvalue weighted by atomic mass is 10.0. The van der Waals surface area contributed by atoms with Crippen molar-refractivity contribution in [1.29, 1.82) is 0 Å². The number of benzene rings is 1. The van der Waals surface area contributed by atoms with Crippen molar-refractivity contribution in [3.05, 3.63) is 38.3 Å². The second-order valence-electron chi connectivity index (χ2n) is 3.99. The first kappa shape index (κ1) is 13.5. The van der Waals surface area contributed by atoms with E-state index >= 15 is 0 Å². The lowest BCUT2D eigenvalue weighted by molar-refractivity contribution is -0.385. The Kier molecular flexibility index (Phi) is 4.74. The van der Waals surface area contributed by atoms with Crippen molar-refractivity contribution in [3.8, 4) is 0 Å². The Bertz CT molecular complexity index is 396. The molecular weight excluding hydrogens is 293 g/mol. The van der Waals surface area contributed by atoms with Gasteiger partial charge in [0.15, 0.2) is 0 Å². The van der Waals surface area contributed by atoms with Crippen molar-refractivity contribution in [2.24, 2.45) is 5.92 Å². The number of hydrogen-bond acceptors (Lipinski definition) is 2. The van der Waals surface area contributed by atoms with E-state index in [-0.39, 0.29) is 16.0 Å². The minimum Gasteiger partial charge on any atom is -0.258 e. The molecule has 0 aliphatic heterocycles. The van der Waals surface area contributed by atoms with Crippen LogP contribution in [-0.2, 0) is 6.42 Å². The lowest BCUT2D eigenvalue weighted by Crippen LogP contribution is -2.12. The quantitative estimate of drug-likeness (QED) is 0.476. The van der Waals surface area contributed by atoms with Crippen molar-refractivity contribution in [2.45, 2.75) is 25.6 Å². The summed E-state index contributed by atoms with van der Waals surface area (Å²) < 4.78 is 0.834. The van der Waals surface area contributed by atoms with Crippen LogP contribution >= 0.6 is 27.5 Å². The van der Waals surface area contributed by atoms with Gasteiger partial charge in [-0.1, -0.05) is 29.8 Å². The van der Waals surface area contributed by atoms with Gasteiger partial charge in [0.25, 0.3) is 5.69 Å².